The van der Waals surface area contributed by atoms with E-state index in [0.29, 0.717) is 11.3 Å². The van der Waals surface area contributed by atoms with Crippen LogP contribution in [0.3, 0.4) is 0 Å². The lowest BCUT2D eigenvalue weighted by molar-refractivity contribution is 0.102. The molecule has 5 nitrogen and oxygen atoms in total. The van der Waals surface area contributed by atoms with E-state index < -0.39 is 0 Å². The largest absolute Gasteiger partial charge is 0.385 e. The van der Waals surface area contributed by atoms with Crippen molar-refractivity contribution < 1.29 is 9.32 Å². The first-order chi connectivity index (χ1) is 8.84. The van der Waals surface area contributed by atoms with Crippen molar-refractivity contribution in [3.8, 4) is 0 Å². The van der Waals surface area contributed by atoms with Crippen LogP contribution in [-0.4, -0.2) is 17.6 Å². The van der Waals surface area contributed by atoms with E-state index in [1.807, 2.05) is 18.2 Å². The highest BCUT2D eigenvalue weighted by atomic mass is 16.5. The van der Waals surface area contributed by atoms with Crippen LogP contribution >= 0.6 is 0 Å². The van der Waals surface area contributed by atoms with Crippen molar-refractivity contribution in [3.63, 3.8) is 0 Å². The Balaban J connectivity index is 1.89. The molecule has 18 heavy (non-hydrogen) atoms. The molecule has 0 radical (unpaired) electrons. The van der Waals surface area contributed by atoms with E-state index in [4.69, 9.17) is 0 Å². The maximum Gasteiger partial charge on any atom is 0.256 e. The average Bonchev–Trinajstić information content (AvgIpc) is 2.91. The van der Waals surface area contributed by atoms with Gasteiger partial charge in [-0.15, -0.1) is 0 Å². The van der Waals surface area contributed by atoms with Crippen LogP contribution in [0.2, 0.25) is 0 Å². The van der Waals surface area contributed by atoms with Gasteiger partial charge in [0, 0.05) is 17.8 Å². The lowest BCUT2D eigenvalue weighted by Gasteiger charge is -2.20. The molecule has 1 aliphatic rings. The number of carbonyl (C=O) groups excluding carboxylic acids is 1. The topological polar surface area (TPSA) is 67.2 Å². The zero-order valence-electron chi connectivity index (χ0n) is 9.77. The van der Waals surface area contributed by atoms with Gasteiger partial charge in [0.05, 0.1) is 6.20 Å². The van der Waals surface area contributed by atoms with E-state index in [0.717, 1.165) is 30.6 Å². The van der Waals surface area contributed by atoms with Gasteiger partial charge in [-0.3, -0.25) is 4.79 Å². The zero-order valence-corrected chi connectivity index (χ0v) is 9.77. The number of benzene rings is 1. The van der Waals surface area contributed by atoms with Crippen molar-refractivity contribution in [2.45, 2.75) is 12.8 Å². The number of amides is 1. The van der Waals surface area contributed by atoms with Crippen LogP contribution in [0.5, 0.6) is 0 Å². The fourth-order valence-electron chi connectivity index (χ4n) is 2.19. The van der Waals surface area contributed by atoms with Crippen LogP contribution in [0.25, 0.3) is 0 Å². The fraction of sp³-hybridized carbons (Fsp3) is 0.231. The zero-order chi connectivity index (χ0) is 12.4. The molecular weight excluding hydrogens is 230 g/mol. The van der Waals surface area contributed by atoms with Crippen molar-refractivity contribution in [1.82, 2.24) is 5.16 Å². The lowest BCUT2D eigenvalue weighted by Crippen LogP contribution is -2.19. The second-order valence-electron chi connectivity index (χ2n) is 4.23. The standard InChI is InChI=1S/C13H13N3O2/c17-13(16-9-7-15-18-8-9)11-3-1-5-12-10(11)4-2-6-14-12/h1,3,5,7-8,14H,2,4,6H2,(H,16,17). The Bertz CT molecular complexity index is 564. The summed E-state index contributed by atoms with van der Waals surface area (Å²) in [7, 11) is 0. The molecule has 0 saturated carbocycles. The van der Waals surface area contributed by atoms with Gasteiger partial charge >= 0.3 is 0 Å². The first kappa shape index (κ1) is 10.8. The number of hydrogen-bond donors (Lipinski definition) is 2. The molecule has 5 heteroatoms. The predicted octanol–water partition coefficient (Wildman–Crippen LogP) is 2.28. The van der Waals surface area contributed by atoms with Gasteiger partial charge in [0.25, 0.3) is 5.91 Å². The van der Waals surface area contributed by atoms with Crippen LogP contribution in [0, 0.1) is 0 Å². The van der Waals surface area contributed by atoms with Crippen LogP contribution in [0.15, 0.2) is 35.2 Å². The van der Waals surface area contributed by atoms with Gasteiger partial charge in [0.1, 0.15) is 12.0 Å². The number of nitrogens with zero attached hydrogens (tertiary/aromatic N) is 1. The number of rotatable bonds is 2. The van der Waals surface area contributed by atoms with E-state index in [-0.39, 0.29) is 5.91 Å². The van der Waals surface area contributed by atoms with E-state index >= 15 is 0 Å². The lowest BCUT2D eigenvalue weighted by atomic mass is 9.97. The highest BCUT2D eigenvalue weighted by Crippen LogP contribution is 2.25. The molecule has 2 N–H and O–H groups in total. The van der Waals surface area contributed by atoms with Crippen molar-refractivity contribution in [3.05, 3.63) is 41.8 Å². The van der Waals surface area contributed by atoms with Gasteiger partial charge in [-0.25, -0.2) is 0 Å². The van der Waals surface area contributed by atoms with Crippen LogP contribution in [-0.2, 0) is 6.42 Å². The Morgan fingerprint density at radius 3 is 3.22 bits per heavy atom. The molecule has 0 bridgehead atoms. The first-order valence-corrected chi connectivity index (χ1v) is 5.91. The maximum absolute atomic E-state index is 12.2. The third-order valence-corrected chi connectivity index (χ3v) is 3.03. The highest BCUT2D eigenvalue weighted by molar-refractivity contribution is 6.06. The molecule has 1 amide bonds. The molecule has 1 aromatic heterocycles. The molecule has 0 atom stereocenters. The molecule has 3 rings (SSSR count). The van der Waals surface area contributed by atoms with Crippen molar-refractivity contribution in [1.29, 1.82) is 0 Å². The van der Waals surface area contributed by atoms with E-state index in [2.05, 4.69) is 20.3 Å². The number of aromatic nitrogens is 1. The van der Waals surface area contributed by atoms with Crippen LogP contribution in [0.1, 0.15) is 22.3 Å². The minimum absolute atomic E-state index is 0.126. The second kappa shape index (κ2) is 4.52. The Hall–Kier alpha value is -2.30. The summed E-state index contributed by atoms with van der Waals surface area (Å²) in [4.78, 5) is 12.2. The number of nitrogens with one attached hydrogen (secondary N) is 2. The monoisotopic (exact) mass is 243 g/mol. The molecule has 1 aliphatic heterocycles. The number of fused-ring (bicyclic) bond motifs is 1. The summed E-state index contributed by atoms with van der Waals surface area (Å²) in [6, 6.07) is 5.74. The van der Waals surface area contributed by atoms with E-state index in [1.165, 1.54) is 12.5 Å². The number of carbonyl (C=O) groups is 1. The number of hydrogen-bond acceptors (Lipinski definition) is 4. The third-order valence-electron chi connectivity index (χ3n) is 3.03. The molecule has 0 aliphatic carbocycles. The molecule has 0 saturated heterocycles. The van der Waals surface area contributed by atoms with Gasteiger partial charge < -0.3 is 15.2 Å². The average molecular weight is 243 g/mol. The normalized spacial score (nSPS) is 13.6. The Labute approximate surface area is 104 Å². The molecular formula is C13H13N3O2. The molecule has 0 unspecified atom stereocenters. The van der Waals surface area contributed by atoms with Gasteiger partial charge in [-0.2, -0.15) is 0 Å². The SMILES string of the molecule is O=C(Nc1cnoc1)c1cccc2c1CCCN2. The minimum atomic E-state index is -0.126. The summed E-state index contributed by atoms with van der Waals surface area (Å²) >= 11 is 0. The molecule has 0 spiro atoms. The second-order valence-corrected chi connectivity index (χ2v) is 4.23. The summed E-state index contributed by atoms with van der Waals surface area (Å²) < 4.78 is 4.69. The van der Waals surface area contributed by atoms with Crippen LogP contribution < -0.4 is 10.6 Å². The molecule has 1 aromatic carbocycles. The van der Waals surface area contributed by atoms with Gasteiger partial charge in [0.15, 0.2) is 0 Å². The Morgan fingerprint density at radius 1 is 1.44 bits per heavy atom. The molecule has 2 heterocycles. The van der Waals surface area contributed by atoms with E-state index in [9.17, 15) is 4.79 Å². The van der Waals surface area contributed by atoms with Crippen LogP contribution in [0.4, 0.5) is 11.4 Å². The summed E-state index contributed by atoms with van der Waals surface area (Å²) in [6.07, 6.45) is 4.86. The van der Waals surface area contributed by atoms with E-state index in [1.54, 1.807) is 0 Å². The van der Waals surface area contributed by atoms with Crippen molar-refractivity contribution >= 4 is 17.3 Å². The third kappa shape index (κ3) is 1.95. The first-order valence-electron chi connectivity index (χ1n) is 5.91. The summed E-state index contributed by atoms with van der Waals surface area (Å²) in [5.74, 6) is -0.126. The maximum atomic E-state index is 12.2. The Kier molecular flexibility index (Phi) is 2.72. The summed E-state index contributed by atoms with van der Waals surface area (Å²) in [5, 5.41) is 9.63. The molecule has 2 aromatic rings. The molecule has 0 fully saturated rings. The van der Waals surface area contributed by atoms with Gasteiger partial charge in [-0.05, 0) is 30.5 Å². The molecule has 92 valence electrons. The van der Waals surface area contributed by atoms with Gasteiger partial charge in [-0.1, -0.05) is 11.2 Å². The number of anilines is 2. The van der Waals surface area contributed by atoms with Crippen molar-refractivity contribution in [2.75, 3.05) is 17.2 Å². The summed E-state index contributed by atoms with van der Waals surface area (Å²) in [6.45, 7) is 0.962. The highest BCUT2D eigenvalue weighted by Gasteiger charge is 2.17. The van der Waals surface area contributed by atoms with Gasteiger partial charge in [0.2, 0.25) is 0 Å². The summed E-state index contributed by atoms with van der Waals surface area (Å²) in [5.41, 5.74) is 3.42. The quantitative estimate of drug-likeness (QED) is 0.849. The van der Waals surface area contributed by atoms with Crippen molar-refractivity contribution in [2.24, 2.45) is 0 Å². The smallest absolute Gasteiger partial charge is 0.256 e. The predicted molar refractivity (Wildman–Crippen MR) is 67.7 cm³/mol. The fourth-order valence-corrected chi connectivity index (χ4v) is 2.19. The minimum Gasteiger partial charge on any atom is -0.385 e. The Morgan fingerprint density at radius 2 is 2.39 bits per heavy atom.